The molecule has 4 heterocycles. The molecular weight excluding hydrogens is 486 g/mol. The lowest BCUT2D eigenvalue weighted by atomic mass is 9.54. The number of hydrogen-bond acceptors (Lipinski definition) is 10. The van der Waals surface area contributed by atoms with Crippen molar-refractivity contribution in [2.24, 2.45) is 15.8 Å². The molecule has 2 fully saturated rings. The molecule has 2 saturated heterocycles. The maximum Gasteiger partial charge on any atom is 0.322 e. The van der Waals surface area contributed by atoms with Gasteiger partial charge in [0.2, 0.25) is 0 Å². The molecule has 2 aromatic rings. The average molecular weight is 520 g/mol. The van der Waals surface area contributed by atoms with E-state index < -0.39 is 40.6 Å². The number of rotatable bonds is 7. The normalized spacial score (nSPS) is 28.3. The molecule has 4 atom stereocenters. The SMILES string of the molecule is CC=CC(=NC)C1N(C)C(c2ccccn2)C2(C(=O)OC)CN(Cc3ccccn3)CC1(C(=O)OC)C2=O. The van der Waals surface area contributed by atoms with Crippen LogP contribution in [0.1, 0.15) is 24.4 Å². The van der Waals surface area contributed by atoms with Gasteiger partial charge in [0.1, 0.15) is 0 Å². The number of carbonyl (C=O) groups excluding carboxylic acids is 3. The molecule has 2 aromatic heterocycles. The summed E-state index contributed by atoms with van der Waals surface area (Å²) in [6.07, 6.45) is 6.87. The Labute approximate surface area is 222 Å². The molecule has 38 heavy (non-hydrogen) atoms. The molecule has 0 radical (unpaired) electrons. The summed E-state index contributed by atoms with van der Waals surface area (Å²) in [4.78, 5) is 59.7. The minimum absolute atomic E-state index is 0.00828. The zero-order chi connectivity index (χ0) is 27.5. The van der Waals surface area contributed by atoms with Crippen molar-refractivity contribution in [1.82, 2.24) is 19.8 Å². The third kappa shape index (κ3) is 4.13. The minimum Gasteiger partial charge on any atom is -0.468 e. The van der Waals surface area contributed by atoms with E-state index >= 15 is 0 Å². The summed E-state index contributed by atoms with van der Waals surface area (Å²) in [5, 5.41) is 0. The van der Waals surface area contributed by atoms with Crippen molar-refractivity contribution in [2.75, 3.05) is 41.4 Å². The highest BCUT2D eigenvalue weighted by atomic mass is 16.5. The fraction of sp³-hybridized carbons (Fsp3) is 0.429. The van der Waals surface area contributed by atoms with E-state index in [-0.39, 0.29) is 13.1 Å². The highest BCUT2D eigenvalue weighted by molar-refractivity contribution is 6.21. The number of aliphatic imine (C=N–C) groups is 1. The molecule has 0 saturated carbocycles. The van der Waals surface area contributed by atoms with Crippen LogP contribution in [0.3, 0.4) is 0 Å². The zero-order valence-corrected chi connectivity index (χ0v) is 22.3. The quantitative estimate of drug-likeness (QED) is 0.307. The second-order valence-corrected chi connectivity index (χ2v) is 9.59. The van der Waals surface area contributed by atoms with Gasteiger partial charge in [0.05, 0.1) is 43.4 Å². The van der Waals surface area contributed by atoms with Gasteiger partial charge < -0.3 is 9.47 Å². The zero-order valence-electron chi connectivity index (χ0n) is 22.3. The number of piperidine rings is 2. The largest absolute Gasteiger partial charge is 0.468 e. The van der Waals surface area contributed by atoms with Gasteiger partial charge in [-0.05, 0) is 44.3 Å². The Kier molecular flexibility index (Phi) is 7.84. The van der Waals surface area contributed by atoms with Gasteiger partial charge in [0, 0.05) is 39.1 Å². The monoisotopic (exact) mass is 519 g/mol. The Hall–Kier alpha value is -3.76. The van der Waals surface area contributed by atoms with Gasteiger partial charge >= 0.3 is 11.9 Å². The molecule has 4 unspecified atom stereocenters. The molecule has 0 aromatic carbocycles. The Morgan fingerprint density at radius 3 is 2.24 bits per heavy atom. The molecule has 200 valence electrons. The van der Waals surface area contributed by atoms with Gasteiger partial charge in [-0.3, -0.25) is 39.1 Å². The number of hydrogen-bond donors (Lipinski definition) is 0. The number of ether oxygens (including phenoxy) is 2. The van der Waals surface area contributed by atoms with Crippen LogP contribution in [0.15, 0.2) is 65.9 Å². The van der Waals surface area contributed by atoms with Crippen molar-refractivity contribution in [3.63, 3.8) is 0 Å². The summed E-state index contributed by atoms with van der Waals surface area (Å²) < 4.78 is 10.6. The van der Waals surface area contributed by atoms with Gasteiger partial charge in [0.15, 0.2) is 16.6 Å². The first-order valence-corrected chi connectivity index (χ1v) is 12.4. The first-order valence-electron chi connectivity index (χ1n) is 12.4. The summed E-state index contributed by atoms with van der Waals surface area (Å²) in [6.45, 7) is 2.16. The van der Waals surface area contributed by atoms with Crippen LogP contribution in [0.5, 0.6) is 0 Å². The van der Waals surface area contributed by atoms with E-state index in [0.29, 0.717) is 18.0 Å². The molecule has 2 aliphatic heterocycles. The molecule has 10 heteroatoms. The first kappa shape index (κ1) is 27.3. The highest BCUT2D eigenvalue weighted by Crippen LogP contribution is 2.56. The van der Waals surface area contributed by atoms with Crippen molar-refractivity contribution in [3.8, 4) is 0 Å². The van der Waals surface area contributed by atoms with E-state index in [1.807, 2.05) is 34.9 Å². The topological polar surface area (TPSA) is 114 Å². The molecule has 10 nitrogen and oxygen atoms in total. The van der Waals surface area contributed by atoms with Crippen LogP contribution in [0, 0.1) is 10.8 Å². The Bertz CT molecular complexity index is 1250. The number of pyridine rings is 2. The van der Waals surface area contributed by atoms with Crippen LogP contribution in [0.4, 0.5) is 0 Å². The number of methoxy groups -OCH3 is 2. The van der Waals surface area contributed by atoms with E-state index in [2.05, 4.69) is 15.0 Å². The third-order valence-electron chi connectivity index (χ3n) is 7.56. The summed E-state index contributed by atoms with van der Waals surface area (Å²) >= 11 is 0. The first-order chi connectivity index (χ1) is 18.3. The number of allylic oxidation sites excluding steroid dienone is 1. The number of ketones is 1. The van der Waals surface area contributed by atoms with Crippen LogP contribution in [-0.4, -0.2) is 90.6 Å². The predicted molar refractivity (Wildman–Crippen MR) is 140 cm³/mol. The van der Waals surface area contributed by atoms with E-state index in [4.69, 9.17) is 9.47 Å². The predicted octanol–water partition coefficient (Wildman–Crippen LogP) is 1.88. The number of carbonyl (C=O) groups is 3. The van der Waals surface area contributed by atoms with Gasteiger partial charge in [-0.2, -0.15) is 0 Å². The second kappa shape index (κ2) is 10.9. The summed E-state index contributed by atoms with van der Waals surface area (Å²) in [5.41, 5.74) is -1.80. The number of nitrogens with zero attached hydrogens (tertiary/aromatic N) is 5. The maximum absolute atomic E-state index is 14.8. The standard InChI is InChI=1S/C28H33N5O5/c1-6-11-20(29-2)22-27(25(35)37-4)17-33(16-19-12-7-9-14-30-19)18-28(24(27)34,26(36)38-5)23(32(22)3)21-13-8-10-15-31-21/h6-15,22-23H,16-18H2,1-5H3. The summed E-state index contributed by atoms with van der Waals surface area (Å²) in [5.74, 6) is -2.02. The van der Waals surface area contributed by atoms with Crippen LogP contribution in [-0.2, 0) is 30.4 Å². The molecular formula is C28H33N5O5. The van der Waals surface area contributed by atoms with E-state index in [1.165, 1.54) is 14.2 Å². The lowest BCUT2D eigenvalue weighted by Gasteiger charge is -2.60. The Balaban J connectivity index is 2.05. The van der Waals surface area contributed by atoms with Crippen LogP contribution < -0.4 is 0 Å². The van der Waals surface area contributed by atoms with Crippen molar-refractivity contribution in [2.45, 2.75) is 25.6 Å². The molecule has 0 amide bonds. The Morgan fingerprint density at radius 1 is 1.05 bits per heavy atom. The smallest absolute Gasteiger partial charge is 0.322 e. The molecule has 2 bridgehead atoms. The maximum atomic E-state index is 14.8. The minimum atomic E-state index is -1.77. The molecule has 0 N–H and O–H groups in total. The lowest BCUT2D eigenvalue weighted by Crippen LogP contribution is -2.79. The number of Topliss-reactive ketones (excluding diaryl/α,β-unsaturated/α-hetero) is 1. The van der Waals surface area contributed by atoms with Gasteiger partial charge in [0.25, 0.3) is 0 Å². The molecule has 0 aliphatic carbocycles. The fourth-order valence-electron chi connectivity index (χ4n) is 6.22. The molecule has 4 rings (SSSR count). The van der Waals surface area contributed by atoms with Crippen molar-refractivity contribution >= 4 is 23.4 Å². The number of fused-ring (bicyclic) bond motifs is 2. The average Bonchev–Trinajstić information content (AvgIpc) is 2.94. The van der Waals surface area contributed by atoms with Crippen LogP contribution in [0.2, 0.25) is 0 Å². The highest BCUT2D eigenvalue weighted by Gasteiger charge is 2.75. The lowest BCUT2D eigenvalue weighted by molar-refractivity contribution is -0.198. The number of esters is 2. The van der Waals surface area contributed by atoms with E-state index in [0.717, 1.165) is 5.69 Å². The van der Waals surface area contributed by atoms with Gasteiger partial charge in [-0.1, -0.05) is 18.2 Å². The molecule has 0 spiro atoms. The fourth-order valence-corrected chi connectivity index (χ4v) is 6.22. The van der Waals surface area contributed by atoms with Crippen molar-refractivity contribution < 1.29 is 23.9 Å². The van der Waals surface area contributed by atoms with Crippen molar-refractivity contribution in [1.29, 1.82) is 0 Å². The second-order valence-electron chi connectivity index (χ2n) is 9.59. The van der Waals surface area contributed by atoms with E-state index in [1.54, 1.807) is 56.8 Å². The van der Waals surface area contributed by atoms with Gasteiger partial charge in [-0.15, -0.1) is 0 Å². The Morgan fingerprint density at radius 2 is 1.68 bits per heavy atom. The van der Waals surface area contributed by atoms with E-state index in [9.17, 15) is 14.4 Å². The number of aromatic nitrogens is 2. The third-order valence-corrected chi connectivity index (χ3v) is 7.56. The van der Waals surface area contributed by atoms with Crippen molar-refractivity contribution in [3.05, 3.63) is 72.3 Å². The van der Waals surface area contributed by atoms with Gasteiger partial charge in [-0.25, -0.2) is 0 Å². The van der Waals surface area contributed by atoms with Crippen LogP contribution in [0.25, 0.3) is 0 Å². The molecule has 2 aliphatic rings. The summed E-state index contributed by atoms with van der Waals surface area (Å²) in [6, 6.07) is 9.19. The number of likely N-dealkylation sites (tertiary alicyclic amines) is 2. The summed E-state index contributed by atoms with van der Waals surface area (Å²) in [7, 11) is 5.91. The van der Waals surface area contributed by atoms with Crippen LogP contribution >= 0.6 is 0 Å².